The van der Waals surface area contributed by atoms with Crippen molar-refractivity contribution in [1.29, 1.82) is 0 Å². The van der Waals surface area contributed by atoms with E-state index in [1.807, 2.05) is 6.92 Å². The molecule has 1 fully saturated rings. The van der Waals surface area contributed by atoms with Gasteiger partial charge in [0.05, 0.1) is 5.41 Å². The number of likely N-dealkylation sites (tertiary alicyclic amines) is 1. The molecule has 0 aromatic carbocycles. The summed E-state index contributed by atoms with van der Waals surface area (Å²) in [6.07, 6.45) is 2.62. The van der Waals surface area contributed by atoms with Gasteiger partial charge in [0.2, 0.25) is 5.89 Å². The van der Waals surface area contributed by atoms with Gasteiger partial charge in [0.15, 0.2) is 0 Å². The molecular weight excluding hydrogens is 262 g/mol. The Hall–Kier alpha value is -1.92. The number of aryl methyl sites for hydroxylation is 1. The maximum Gasteiger partial charge on any atom is 0.311 e. The van der Waals surface area contributed by atoms with Crippen LogP contribution in [0.4, 0.5) is 0 Å². The lowest BCUT2D eigenvalue weighted by Gasteiger charge is -2.39. The van der Waals surface area contributed by atoms with E-state index in [1.165, 1.54) is 4.90 Å². The van der Waals surface area contributed by atoms with Crippen molar-refractivity contribution >= 4 is 11.9 Å². The molecule has 7 heteroatoms. The topological polar surface area (TPSA) is 96.5 Å². The second-order valence-corrected chi connectivity index (χ2v) is 5.30. The first-order chi connectivity index (χ1) is 9.48. The fraction of sp³-hybridized carbons (Fsp3) is 0.692. The maximum absolute atomic E-state index is 12.3. The molecule has 1 aliphatic rings. The lowest BCUT2D eigenvalue weighted by atomic mass is 9.76. The zero-order valence-electron chi connectivity index (χ0n) is 11.8. The summed E-state index contributed by atoms with van der Waals surface area (Å²) >= 11 is 0. The molecule has 0 saturated carbocycles. The highest BCUT2D eigenvalue weighted by atomic mass is 16.5. The second-order valence-electron chi connectivity index (χ2n) is 5.30. The van der Waals surface area contributed by atoms with Crippen LogP contribution >= 0.6 is 0 Å². The molecule has 1 atom stereocenters. The zero-order chi connectivity index (χ0) is 14.8. The van der Waals surface area contributed by atoms with Crippen LogP contribution in [-0.4, -0.2) is 45.1 Å². The van der Waals surface area contributed by atoms with E-state index >= 15 is 0 Å². The van der Waals surface area contributed by atoms with Gasteiger partial charge < -0.3 is 14.5 Å². The number of carbonyl (C=O) groups excluding carboxylic acids is 1. The lowest BCUT2D eigenvalue weighted by molar-refractivity contribution is -0.152. The van der Waals surface area contributed by atoms with E-state index in [0.29, 0.717) is 31.7 Å². The maximum atomic E-state index is 12.3. The summed E-state index contributed by atoms with van der Waals surface area (Å²) in [6, 6.07) is 0. The van der Waals surface area contributed by atoms with Gasteiger partial charge in [-0.3, -0.25) is 9.59 Å². The summed E-state index contributed by atoms with van der Waals surface area (Å²) in [5.74, 6) is -0.868. The number of carboxylic acids is 1. The van der Waals surface area contributed by atoms with Crippen molar-refractivity contribution in [2.45, 2.75) is 39.5 Å². The molecule has 1 amide bonds. The predicted octanol–water partition coefficient (Wildman–Crippen LogP) is 1.49. The van der Waals surface area contributed by atoms with Gasteiger partial charge in [-0.25, -0.2) is 0 Å². The number of nitrogens with zero attached hydrogens (tertiary/aromatic N) is 3. The molecule has 1 N–H and O–H groups in total. The number of hydrogen-bond donors (Lipinski definition) is 1. The number of aliphatic carboxylic acids is 1. The van der Waals surface area contributed by atoms with Crippen molar-refractivity contribution in [3.8, 4) is 0 Å². The van der Waals surface area contributed by atoms with E-state index < -0.39 is 11.4 Å². The number of carbonyl (C=O) groups is 2. The molecule has 1 saturated heterocycles. The van der Waals surface area contributed by atoms with E-state index in [4.69, 9.17) is 4.52 Å². The van der Waals surface area contributed by atoms with Crippen LogP contribution in [0.15, 0.2) is 4.52 Å². The molecule has 1 aromatic heterocycles. The van der Waals surface area contributed by atoms with Crippen molar-refractivity contribution in [3.05, 3.63) is 11.7 Å². The number of rotatable bonds is 4. The number of aromatic nitrogens is 2. The number of piperidine rings is 1. The van der Waals surface area contributed by atoms with Gasteiger partial charge in [-0.1, -0.05) is 18.5 Å². The molecule has 110 valence electrons. The highest BCUT2D eigenvalue weighted by molar-refractivity contribution is 5.91. The third kappa shape index (κ3) is 2.66. The summed E-state index contributed by atoms with van der Waals surface area (Å²) in [6.45, 7) is 4.31. The van der Waals surface area contributed by atoms with Crippen molar-refractivity contribution in [3.63, 3.8) is 0 Å². The van der Waals surface area contributed by atoms with Crippen LogP contribution in [0.2, 0.25) is 0 Å². The molecule has 20 heavy (non-hydrogen) atoms. The SMILES string of the molecule is CCCC1(C(=O)O)CCCN(C(=O)c2noc(C)n2)C1. The average molecular weight is 281 g/mol. The van der Waals surface area contributed by atoms with Crippen LogP contribution in [-0.2, 0) is 4.79 Å². The van der Waals surface area contributed by atoms with Crippen molar-refractivity contribution in [1.82, 2.24) is 15.0 Å². The summed E-state index contributed by atoms with van der Waals surface area (Å²) in [5, 5.41) is 13.1. The Kier molecular flexibility index (Phi) is 4.06. The number of carboxylic acid groups (broad SMARTS) is 1. The van der Waals surface area contributed by atoms with Crippen LogP contribution < -0.4 is 0 Å². The molecule has 1 aromatic rings. The molecule has 7 nitrogen and oxygen atoms in total. The fourth-order valence-electron chi connectivity index (χ4n) is 2.80. The largest absolute Gasteiger partial charge is 0.481 e. The first-order valence-corrected chi connectivity index (χ1v) is 6.81. The highest BCUT2D eigenvalue weighted by Gasteiger charge is 2.43. The molecule has 0 spiro atoms. The Balaban J connectivity index is 2.17. The quantitative estimate of drug-likeness (QED) is 0.898. The Morgan fingerprint density at radius 3 is 2.80 bits per heavy atom. The van der Waals surface area contributed by atoms with E-state index in [1.54, 1.807) is 6.92 Å². The van der Waals surface area contributed by atoms with Crippen LogP contribution in [0.3, 0.4) is 0 Å². The van der Waals surface area contributed by atoms with Gasteiger partial charge in [0, 0.05) is 20.0 Å². The van der Waals surface area contributed by atoms with Crippen LogP contribution in [0.25, 0.3) is 0 Å². The Morgan fingerprint density at radius 2 is 2.25 bits per heavy atom. The molecule has 2 rings (SSSR count). The molecule has 0 aliphatic carbocycles. The Labute approximate surface area is 117 Å². The second kappa shape index (κ2) is 5.60. The molecule has 1 aliphatic heterocycles. The Morgan fingerprint density at radius 1 is 1.50 bits per heavy atom. The summed E-state index contributed by atoms with van der Waals surface area (Å²) < 4.78 is 4.80. The van der Waals surface area contributed by atoms with Gasteiger partial charge >= 0.3 is 5.97 Å². The first-order valence-electron chi connectivity index (χ1n) is 6.81. The van der Waals surface area contributed by atoms with Gasteiger partial charge in [-0.2, -0.15) is 4.98 Å². The lowest BCUT2D eigenvalue weighted by Crippen LogP contribution is -2.50. The first kappa shape index (κ1) is 14.5. The van der Waals surface area contributed by atoms with Crippen molar-refractivity contribution in [2.75, 3.05) is 13.1 Å². The third-order valence-corrected chi connectivity index (χ3v) is 3.77. The van der Waals surface area contributed by atoms with Crippen LogP contribution in [0.5, 0.6) is 0 Å². The van der Waals surface area contributed by atoms with Gasteiger partial charge in [-0.05, 0) is 19.3 Å². The fourth-order valence-corrected chi connectivity index (χ4v) is 2.80. The van der Waals surface area contributed by atoms with E-state index in [0.717, 1.165) is 6.42 Å². The van der Waals surface area contributed by atoms with Crippen LogP contribution in [0, 0.1) is 12.3 Å². The van der Waals surface area contributed by atoms with Gasteiger partial charge in [-0.15, -0.1) is 0 Å². The Bertz CT molecular complexity index is 509. The molecule has 1 unspecified atom stereocenters. The standard InChI is InChI=1S/C13H19N3O4/c1-3-5-13(12(18)19)6-4-7-16(8-13)11(17)10-14-9(2)20-15-10/h3-8H2,1-2H3,(H,18,19). The molecular formula is C13H19N3O4. The predicted molar refractivity (Wildman–Crippen MR) is 69.1 cm³/mol. The third-order valence-electron chi connectivity index (χ3n) is 3.77. The highest BCUT2D eigenvalue weighted by Crippen LogP contribution is 2.35. The van der Waals surface area contributed by atoms with E-state index in [-0.39, 0.29) is 18.3 Å². The van der Waals surface area contributed by atoms with Crippen LogP contribution in [0.1, 0.15) is 49.1 Å². The minimum Gasteiger partial charge on any atom is -0.481 e. The smallest absolute Gasteiger partial charge is 0.311 e. The van der Waals surface area contributed by atoms with E-state index in [2.05, 4.69) is 10.1 Å². The minimum atomic E-state index is -0.846. The number of amides is 1. The van der Waals surface area contributed by atoms with Crippen molar-refractivity contribution in [2.24, 2.45) is 5.41 Å². The summed E-state index contributed by atoms with van der Waals surface area (Å²) in [4.78, 5) is 29.3. The van der Waals surface area contributed by atoms with Crippen molar-refractivity contribution < 1.29 is 19.2 Å². The monoisotopic (exact) mass is 281 g/mol. The average Bonchev–Trinajstić information content (AvgIpc) is 2.85. The summed E-state index contributed by atoms with van der Waals surface area (Å²) in [7, 11) is 0. The zero-order valence-corrected chi connectivity index (χ0v) is 11.8. The van der Waals surface area contributed by atoms with E-state index in [9.17, 15) is 14.7 Å². The van der Waals surface area contributed by atoms with Gasteiger partial charge in [0.25, 0.3) is 11.7 Å². The molecule has 0 bridgehead atoms. The summed E-state index contributed by atoms with van der Waals surface area (Å²) in [5.41, 5.74) is -0.846. The normalized spacial score (nSPS) is 22.8. The van der Waals surface area contributed by atoms with Gasteiger partial charge in [0.1, 0.15) is 0 Å². The molecule has 2 heterocycles. The number of hydrogen-bond acceptors (Lipinski definition) is 5. The molecule has 0 radical (unpaired) electrons. The minimum absolute atomic E-state index is 0.000173.